The molecular weight excluding hydrogens is 330 g/mol. The predicted octanol–water partition coefficient (Wildman–Crippen LogP) is 3.02. The minimum absolute atomic E-state index is 0.0452. The second-order valence-electron chi connectivity index (χ2n) is 6.98. The highest BCUT2D eigenvalue weighted by atomic mass is 16.3. The van der Waals surface area contributed by atoms with Crippen LogP contribution in [0.4, 0.5) is 11.4 Å². The van der Waals surface area contributed by atoms with Gasteiger partial charge < -0.3 is 20.4 Å². The molecule has 1 aromatic heterocycles. The summed E-state index contributed by atoms with van der Waals surface area (Å²) in [5.74, 6) is 0.943. The first-order chi connectivity index (χ1) is 12.6. The van der Waals surface area contributed by atoms with Crippen LogP contribution in [0.25, 0.3) is 0 Å². The van der Waals surface area contributed by atoms with Crippen molar-refractivity contribution >= 4 is 23.2 Å². The summed E-state index contributed by atoms with van der Waals surface area (Å²) in [5, 5.41) is 2.95. The monoisotopic (exact) mass is 353 g/mol. The quantitative estimate of drug-likeness (QED) is 0.884. The number of hydrogen-bond acceptors (Lipinski definition) is 4. The van der Waals surface area contributed by atoms with Crippen molar-refractivity contribution in [3.8, 4) is 0 Å². The van der Waals surface area contributed by atoms with Gasteiger partial charge in [-0.3, -0.25) is 9.59 Å². The number of carbonyl (C=O) groups excluding carboxylic acids is 2. The molecule has 2 amide bonds. The molecule has 0 radical (unpaired) electrons. The van der Waals surface area contributed by atoms with Crippen molar-refractivity contribution in [2.45, 2.75) is 38.5 Å². The molecule has 26 heavy (non-hydrogen) atoms. The van der Waals surface area contributed by atoms with Crippen LogP contribution in [0.5, 0.6) is 0 Å². The zero-order valence-corrected chi connectivity index (χ0v) is 14.9. The smallest absolute Gasteiger partial charge is 0.250 e. The van der Waals surface area contributed by atoms with Gasteiger partial charge in [0.05, 0.1) is 17.2 Å². The van der Waals surface area contributed by atoms with Crippen LogP contribution in [0.1, 0.15) is 59.5 Å². The Labute approximate surface area is 152 Å². The number of carbonyl (C=O) groups is 2. The third kappa shape index (κ3) is 2.85. The fourth-order valence-corrected chi connectivity index (χ4v) is 3.94. The Bertz CT molecular complexity index is 865. The van der Waals surface area contributed by atoms with Crippen molar-refractivity contribution in [3.63, 3.8) is 0 Å². The van der Waals surface area contributed by atoms with Crippen molar-refractivity contribution in [3.05, 3.63) is 46.9 Å². The fraction of sp³-hybridized carbons (Fsp3) is 0.400. The van der Waals surface area contributed by atoms with Gasteiger partial charge in [0.2, 0.25) is 5.91 Å². The summed E-state index contributed by atoms with van der Waals surface area (Å²) in [6.45, 7) is 3.82. The number of benzene rings is 1. The summed E-state index contributed by atoms with van der Waals surface area (Å²) in [6, 6.07) is 7.59. The van der Waals surface area contributed by atoms with Gasteiger partial charge in [0.1, 0.15) is 11.5 Å². The third-order valence-electron chi connectivity index (χ3n) is 5.29. The normalized spacial score (nSPS) is 19.3. The van der Waals surface area contributed by atoms with E-state index < -0.39 is 5.91 Å². The lowest BCUT2D eigenvalue weighted by Gasteiger charge is -2.28. The Kier molecular flexibility index (Phi) is 4.18. The Morgan fingerprint density at radius 3 is 2.73 bits per heavy atom. The molecule has 2 aliphatic heterocycles. The first-order valence-corrected chi connectivity index (χ1v) is 9.18. The van der Waals surface area contributed by atoms with Gasteiger partial charge in [-0.25, -0.2) is 0 Å². The number of furan rings is 1. The molecule has 0 saturated carbocycles. The van der Waals surface area contributed by atoms with Crippen LogP contribution in [-0.2, 0) is 11.2 Å². The second kappa shape index (κ2) is 6.52. The lowest BCUT2D eigenvalue weighted by Crippen LogP contribution is -2.27. The van der Waals surface area contributed by atoms with Gasteiger partial charge in [0.25, 0.3) is 5.91 Å². The van der Waals surface area contributed by atoms with Crippen molar-refractivity contribution in [1.82, 2.24) is 0 Å². The molecule has 1 saturated heterocycles. The van der Waals surface area contributed by atoms with Gasteiger partial charge in [0, 0.05) is 31.6 Å². The highest BCUT2D eigenvalue weighted by Gasteiger charge is 2.31. The van der Waals surface area contributed by atoms with Crippen LogP contribution in [0.15, 0.2) is 28.7 Å². The summed E-state index contributed by atoms with van der Waals surface area (Å²) < 4.78 is 5.90. The van der Waals surface area contributed by atoms with Gasteiger partial charge in [-0.15, -0.1) is 0 Å². The topological polar surface area (TPSA) is 88.6 Å². The fourth-order valence-electron chi connectivity index (χ4n) is 3.94. The van der Waals surface area contributed by atoms with Crippen LogP contribution >= 0.6 is 0 Å². The van der Waals surface area contributed by atoms with Crippen molar-refractivity contribution in [2.75, 3.05) is 23.3 Å². The number of nitrogens with zero attached hydrogens (tertiary/aromatic N) is 1. The maximum Gasteiger partial charge on any atom is 0.250 e. The average molecular weight is 353 g/mol. The van der Waals surface area contributed by atoms with Crippen molar-refractivity contribution in [2.24, 2.45) is 5.73 Å². The van der Waals surface area contributed by atoms with Crippen LogP contribution in [0.2, 0.25) is 0 Å². The Morgan fingerprint density at radius 1 is 1.31 bits per heavy atom. The molecule has 1 aromatic carbocycles. The maximum absolute atomic E-state index is 12.3. The molecule has 2 aliphatic rings. The van der Waals surface area contributed by atoms with Crippen molar-refractivity contribution in [1.29, 1.82) is 0 Å². The van der Waals surface area contributed by atoms with Crippen molar-refractivity contribution < 1.29 is 14.0 Å². The molecule has 136 valence electrons. The highest BCUT2D eigenvalue weighted by Crippen LogP contribution is 2.41. The van der Waals surface area contributed by atoms with E-state index in [9.17, 15) is 9.59 Å². The van der Waals surface area contributed by atoms with E-state index in [1.165, 1.54) is 0 Å². The number of nitrogens with two attached hydrogens (primary N) is 1. The van der Waals surface area contributed by atoms with Gasteiger partial charge >= 0.3 is 0 Å². The highest BCUT2D eigenvalue weighted by molar-refractivity contribution is 6.02. The number of amides is 2. The van der Waals surface area contributed by atoms with Gasteiger partial charge in [-0.1, -0.05) is 6.92 Å². The summed E-state index contributed by atoms with van der Waals surface area (Å²) in [5.41, 5.74) is 8.62. The predicted molar refractivity (Wildman–Crippen MR) is 99.6 cm³/mol. The second-order valence-corrected chi connectivity index (χ2v) is 6.98. The average Bonchev–Trinajstić information content (AvgIpc) is 3.31. The zero-order valence-electron chi connectivity index (χ0n) is 14.9. The molecule has 0 bridgehead atoms. The van der Waals surface area contributed by atoms with E-state index in [1.54, 1.807) is 0 Å². The van der Waals surface area contributed by atoms with Crippen LogP contribution in [0, 0.1) is 0 Å². The number of hydrogen-bond donors (Lipinski definition) is 2. The number of aryl methyl sites for hydroxylation is 1. The minimum Gasteiger partial charge on any atom is -0.465 e. The lowest BCUT2D eigenvalue weighted by molar-refractivity contribution is -0.116. The van der Waals surface area contributed by atoms with E-state index in [2.05, 4.69) is 10.2 Å². The Hall–Kier alpha value is -2.76. The molecule has 6 heteroatoms. The molecule has 1 atom stereocenters. The Balaban J connectivity index is 1.82. The Morgan fingerprint density at radius 2 is 2.08 bits per heavy atom. The first-order valence-electron chi connectivity index (χ1n) is 9.18. The van der Waals surface area contributed by atoms with E-state index in [1.807, 2.05) is 31.2 Å². The molecule has 6 nitrogen and oxygen atoms in total. The molecule has 3 N–H and O–H groups in total. The van der Waals surface area contributed by atoms with Crippen LogP contribution in [0.3, 0.4) is 0 Å². The van der Waals surface area contributed by atoms with E-state index in [0.717, 1.165) is 60.8 Å². The van der Waals surface area contributed by atoms with Crippen LogP contribution in [-0.4, -0.2) is 24.9 Å². The van der Waals surface area contributed by atoms with Crippen LogP contribution < -0.4 is 16.0 Å². The first kappa shape index (κ1) is 16.7. The standard InChI is InChI=1S/C20H23N3O3/c1-2-12-5-6-18(26-12)14-10-19(24)22-16-11-17(23-7-3-4-8-23)15(20(21)25)9-13(14)16/h5-6,9,11,14H,2-4,7-8,10H2,1H3,(H2,21,25)(H,22,24). The summed E-state index contributed by atoms with van der Waals surface area (Å²) >= 11 is 0. The van der Waals surface area contributed by atoms with Gasteiger partial charge in [-0.2, -0.15) is 0 Å². The van der Waals surface area contributed by atoms with E-state index in [-0.39, 0.29) is 11.8 Å². The minimum atomic E-state index is -0.445. The summed E-state index contributed by atoms with van der Waals surface area (Å²) in [6.07, 6.45) is 3.28. The number of nitrogens with one attached hydrogen (secondary N) is 1. The molecule has 4 rings (SSSR count). The van der Waals surface area contributed by atoms with E-state index in [0.29, 0.717) is 12.0 Å². The van der Waals surface area contributed by atoms with E-state index in [4.69, 9.17) is 10.2 Å². The lowest BCUT2D eigenvalue weighted by atomic mass is 9.86. The van der Waals surface area contributed by atoms with E-state index >= 15 is 0 Å². The number of fused-ring (bicyclic) bond motifs is 1. The maximum atomic E-state index is 12.3. The molecule has 1 unspecified atom stereocenters. The number of rotatable bonds is 4. The summed E-state index contributed by atoms with van der Waals surface area (Å²) in [7, 11) is 0. The molecule has 0 aliphatic carbocycles. The van der Waals surface area contributed by atoms with Gasteiger partial charge in [-0.05, 0) is 42.7 Å². The largest absolute Gasteiger partial charge is 0.465 e. The SMILES string of the molecule is CCc1ccc(C2CC(=O)Nc3cc(N4CCCC4)c(C(N)=O)cc32)o1. The molecule has 2 aromatic rings. The number of primary amides is 1. The molecular formula is C20H23N3O3. The van der Waals surface area contributed by atoms with Gasteiger partial charge in [0.15, 0.2) is 0 Å². The molecule has 1 fully saturated rings. The number of anilines is 2. The zero-order chi connectivity index (χ0) is 18.3. The summed E-state index contributed by atoms with van der Waals surface area (Å²) in [4.78, 5) is 26.6. The third-order valence-corrected chi connectivity index (χ3v) is 5.29. The molecule has 0 spiro atoms. The molecule has 3 heterocycles.